The first-order valence-corrected chi connectivity index (χ1v) is 38.3. The third-order valence-corrected chi connectivity index (χ3v) is 18.4. The molecule has 6 aromatic carbocycles. The summed E-state index contributed by atoms with van der Waals surface area (Å²) in [6.07, 6.45) is 8.65. The number of ether oxygens (including phenoxy) is 3. The van der Waals surface area contributed by atoms with Gasteiger partial charge in [-0.1, -0.05) is 81.8 Å². The average molecular weight is 1640 g/mol. The topological polar surface area (TPSA) is 339 Å². The fraction of sp³-hybridized carbons (Fsp3) is 0.299. The lowest BCUT2D eigenvalue weighted by Crippen LogP contribution is -2.29. The number of para-hydroxylation sites is 3. The highest BCUT2D eigenvalue weighted by atomic mass is 35.5. The van der Waals surface area contributed by atoms with Crippen LogP contribution in [0.1, 0.15) is 35.1 Å². The first-order valence-electron chi connectivity index (χ1n) is 37.9. The Morgan fingerprint density at radius 3 is 1.03 bits per heavy atom. The number of aromatic nitrogens is 12. The van der Waals surface area contributed by atoms with Gasteiger partial charge in [-0.3, -0.25) is 28.4 Å². The minimum Gasteiger partial charge on any atom is -0.494 e. The highest BCUT2D eigenvalue weighted by molar-refractivity contribution is 6.66. The van der Waals surface area contributed by atoms with E-state index in [4.69, 9.17) is 67.1 Å². The van der Waals surface area contributed by atoms with Crippen molar-refractivity contribution >= 4 is 130 Å². The number of nitrogens with one attached hydrogen (secondary N) is 5. The van der Waals surface area contributed by atoms with Crippen molar-refractivity contribution in [1.82, 2.24) is 73.9 Å². The van der Waals surface area contributed by atoms with Gasteiger partial charge in [-0.2, -0.15) is 20.6 Å². The molecule has 12 aromatic rings. The fourth-order valence-electron chi connectivity index (χ4n) is 12.2. The second kappa shape index (κ2) is 45.1. The van der Waals surface area contributed by atoms with E-state index in [1.165, 1.54) is 19.1 Å². The maximum Gasteiger partial charge on any atom is 0.247 e. The van der Waals surface area contributed by atoms with Crippen molar-refractivity contribution in [2.75, 3.05) is 171 Å². The van der Waals surface area contributed by atoms with Crippen LogP contribution in [0, 0.1) is 11.3 Å². The third kappa shape index (κ3) is 24.8. The fourth-order valence-corrected chi connectivity index (χ4v) is 12.2. The number of nitrogens with two attached hydrogens (primary N) is 1. The summed E-state index contributed by atoms with van der Waals surface area (Å²) in [5.41, 5.74) is 20.5. The van der Waals surface area contributed by atoms with Crippen LogP contribution in [-0.4, -0.2) is 215 Å². The molecule has 0 fully saturated rings. The number of allylic oxidation sites excluding steroid dienone is 1. The van der Waals surface area contributed by atoms with Crippen LogP contribution >= 0.6 is 11.6 Å². The number of aryl methyl sites for hydroxylation is 3. The van der Waals surface area contributed by atoms with E-state index in [-0.39, 0.29) is 19.2 Å². The minimum atomic E-state index is -0.509. The van der Waals surface area contributed by atoms with Crippen molar-refractivity contribution < 1.29 is 28.6 Å². The van der Waals surface area contributed by atoms with Gasteiger partial charge in [-0.15, -0.1) is 0 Å². The van der Waals surface area contributed by atoms with Crippen LogP contribution in [0.4, 0.5) is 69.0 Å². The zero-order valence-electron chi connectivity index (χ0n) is 70.0. The van der Waals surface area contributed by atoms with Gasteiger partial charge in [0, 0.05) is 140 Å². The van der Waals surface area contributed by atoms with Crippen molar-refractivity contribution in [1.29, 1.82) is 5.26 Å². The van der Waals surface area contributed by atoms with Gasteiger partial charge in [0.05, 0.1) is 112 Å². The number of carbonyl (C=O) groups is 3. The smallest absolute Gasteiger partial charge is 0.247 e. The molecule has 0 unspecified atom stereocenters. The summed E-state index contributed by atoms with van der Waals surface area (Å²) < 4.78 is 23.0. The summed E-state index contributed by atoms with van der Waals surface area (Å²) in [7, 11) is 23.0. The van der Waals surface area contributed by atoms with Gasteiger partial charge >= 0.3 is 0 Å². The lowest BCUT2D eigenvalue weighted by Gasteiger charge is -2.26. The Morgan fingerprint density at radius 2 is 0.748 bits per heavy atom. The number of nitrogen functional groups attached to an aromatic ring is 1. The normalized spacial score (nSPS) is 10.6. The molecule has 0 aliphatic heterocycles. The molecule has 7 N–H and O–H groups in total. The molecule has 0 radical (unpaired) electrons. The molecule has 31 nitrogen and oxygen atoms in total. The quantitative estimate of drug-likeness (QED) is 0.0130. The van der Waals surface area contributed by atoms with Crippen molar-refractivity contribution in [2.45, 2.75) is 54.8 Å². The molecule has 119 heavy (non-hydrogen) atoms. The molecule has 0 aliphatic rings. The lowest BCUT2D eigenvalue weighted by molar-refractivity contribution is -0.112. The average Bonchev–Trinajstić information content (AvgIpc) is 1.68. The number of benzene rings is 6. The summed E-state index contributed by atoms with van der Waals surface area (Å²) in [5, 5.41) is 39.9. The first kappa shape index (κ1) is 92.6. The number of rotatable bonds is 32. The molecule has 0 saturated carbocycles. The molecule has 6 heterocycles. The Balaban J connectivity index is 0.000000234. The van der Waals surface area contributed by atoms with Gasteiger partial charge in [-0.25, -0.2) is 29.9 Å². The Kier molecular flexibility index (Phi) is 35.1. The summed E-state index contributed by atoms with van der Waals surface area (Å²) >= 11 is 4.71. The van der Waals surface area contributed by atoms with Crippen LogP contribution in [0.25, 0.3) is 66.9 Å². The second-order valence-electron chi connectivity index (χ2n) is 27.3. The predicted octanol–water partition coefficient (Wildman–Crippen LogP) is 14.7. The first-order chi connectivity index (χ1) is 56.8. The van der Waals surface area contributed by atoms with Gasteiger partial charge in [0.25, 0.3) is 0 Å². The number of halogens is 1. The van der Waals surface area contributed by atoms with Crippen LogP contribution in [-0.2, 0) is 34.0 Å². The maximum atomic E-state index is 12.2. The molecule has 32 heteroatoms. The van der Waals surface area contributed by atoms with Crippen LogP contribution in [0.3, 0.4) is 0 Å². The standard InChI is InChI=1S/2C28H34N8O2.C25H32N8O.C3H3ClO.C2H3N.CH4/c2*1-7-26(37)30-21-17-22(25(38-6)18-24(21)35(5)16-15-34(3)4)32-28-29-14-13-20(31-28)27-19-11-9-10-12-23(19)36(8-2)33-27;1-6-33-21-10-8-7-9-17(21)24(30-33)19-11-12-27-25(28-19)29-20-15-18(26)22(16-23(20)34-5)32(4)14-13-31(2)3;1-2-3(4)5;1-2-3;/h2*7,9-14,17-18H,1,8,15-16H2,2-6H3,(H,30,37)(H,29,31,32);7-12,15-16H,6,13-14,26H2,1-5H3,(H,27,28,29);2H,1H2;1H3;1H4. The molecule has 626 valence electrons. The van der Waals surface area contributed by atoms with E-state index in [1.807, 2.05) is 167 Å². The number of anilines is 12. The highest BCUT2D eigenvalue weighted by Crippen LogP contribution is 2.42. The molecule has 0 saturated heterocycles. The summed E-state index contributed by atoms with van der Waals surface area (Å²) in [6, 6.07) is 42.9. The van der Waals surface area contributed by atoms with Gasteiger partial charge < -0.3 is 75.9 Å². The number of methoxy groups -OCH3 is 3. The number of hydrogen-bond donors (Lipinski definition) is 6. The molecule has 0 bridgehead atoms. The Hall–Kier alpha value is -13.5. The number of nitriles is 1. The maximum absolute atomic E-state index is 12.2. The Morgan fingerprint density at radius 1 is 0.462 bits per heavy atom. The number of hydrogen-bond acceptors (Lipinski definition) is 26. The van der Waals surface area contributed by atoms with Crippen LogP contribution in [0.5, 0.6) is 17.2 Å². The van der Waals surface area contributed by atoms with Crippen LogP contribution in [0.2, 0.25) is 0 Å². The van der Waals surface area contributed by atoms with Crippen molar-refractivity contribution in [3.63, 3.8) is 0 Å². The highest BCUT2D eigenvalue weighted by Gasteiger charge is 2.23. The van der Waals surface area contributed by atoms with E-state index in [1.54, 1.807) is 46.0 Å². The molecular weight excluding hydrogens is 1530 g/mol. The number of fused-ring (bicyclic) bond motifs is 3. The molecule has 0 spiro atoms. The van der Waals surface area contributed by atoms with Crippen molar-refractivity contribution in [3.8, 4) is 57.5 Å². The SMILES string of the molecule is C.C=CC(=O)Cl.C=CC(=O)Nc1cc(Nc2nccc(-c3nn(CC)c4ccccc34)n2)c(OC)cc1N(C)CCN(C)C.C=CC(=O)Nc1cc(Nc2nccc(-c3nn(CC)c4ccccc34)n2)c(OC)cc1N(C)CCN(C)C.CC#N.CCn1nc(-c2ccnc(Nc3cc(N)c(N(C)CCN(C)C)cc3OC)n2)c2ccccc21. The lowest BCUT2D eigenvalue weighted by atomic mass is 10.1. The van der Waals surface area contributed by atoms with E-state index in [0.717, 1.165) is 138 Å². The van der Waals surface area contributed by atoms with Gasteiger partial charge in [-0.05, 0) is 147 Å². The number of likely N-dealkylation sites (N-methyl/N-ethyl adjacent to an activating group) is 6. The van der Waals surface area contributed by atoms with Crippen LogP contribution < -0.4 is 61.2 Å². The van der Waals surface area contributed by atoms with Gasteiger partial charge in [0.15, 0.2) is 0 Å². The van der Waals surface area contributed by atoms with E-state index in [0.29, 0.717) is 80.6 Å². The summed E-state index contributed by atoms with van der Waals surface area (Å²) in [6.45, 7) is 25.1. The molecule has 6 aromatic heterocycles. The summed E-state index contributed by atoms with van der Waals surface area (Å²) in [4.78, 5) is 74.0. The monoisotopic (exact) mass is 1640 g/mol. The summed E-state index contributed by atoms with van der Waals surface area (Å²) in [5.74, 6) is 2.43. The molecule has 0 atom stereocenters. The van der Waals surface area contributed by atoms with Crippen LogP contribution in [0.15, 0.2) is 184 Å². The van der Waals surface area contributed by atoms with E-state index in [9.17, 15) is 14.4 Å². The number of amides is 2. The van der Waals surface area contributed by atoms with Crippen molar-refractivity contribution in [3.05, 3.63) is 184 Å². The third-order valence-electron chi connectivity index (χ3n) is 18.2. The van der Waals surface area contributed by atoms with Crippen molar-refractivity contribution in [2.24, 2.45) is 0 Å². The Bertz CT molecular complexity index is 5260. The molecular formula is C87H110ClN25O6. The molecule has 0 aliphatic carbocycles. The van der Waals surface area contributed by atoms with E-state index in [2.05, 4.69) is 150 Å². The predicted molar refractivity (Wildman–Crippen MR) is 485 cm³/mol. The number of nitrogens with zero attached hydrogens (tertiary/aromatic N) is 19. The van der Waals surface area contributed by atoms with E-state index >= 15 is 0 Å². The van der Waals surface area contributed by atoms with Gasteiger partial charge in [0.2, 0.25) is 34.9 Å². The zero-order valence-corrected chi connectivity index (χ0v) is 70.7. The van der Waals surface area contributed by atoms with Gasteiger partial charge in [0.1, 0.15) is 34.3 Å². The number of carbonyl (C=O) groups excluding carboxylic acids is 3. The Labute approximate surface area is 701 Å². The molecule has 12 rings (SSSR count). The van der Waals surface area contributed by atoms with E-state index < -0.39 is 5.24 Å². The zero-order chi connectivity index (χ0) is 85.7. The second-order valence-corrected chi connectivity index (χ2v) is 27.6. The molecule has 2 amide bonds. The largest absolute Gasteiger partial charge is 0.494 e. The minimum absolute atomic E-state index is 0.